The van der Waals surface area contributed by atoms with Crippen molar-refractivity contribution in [1.29, 1.82) is 0 Å². The van der Waals surface area contributed by atoms with Crippen LogP contribution in [0.5, 0.6) is 0 Å². The zero-order chi connectivity index (χ0) is 13.4. The second-order valence-electron chi connectivity index (χ2n) is 4.16. The number of imidazole rings is 1. The molecule has 0 amide bonds. The van der Waals surface area contributed by atoms with Crippen molar-refractivity contribution in [2.45, 2.75) is 11.6 Å². The van der Waals surface area contributed by atoms with Gasteiger partial charge in [0.1, 0.15) is 0 Å². The highest BCUT2D eigenvalue weighted by Crippen LogP contribution is 2.24. The highest BCUT2D eigenvalue weighted by atomic mass is 32.2. The summed E-state index contributed by atoms with van der Waals surface area (Å²) in [7, 11) is 1.94. The fourth-order valence-corrected chi connectivity index (χ4v) is 2.92. The van der Waals surface area contributed by atoms with Crippen molar-refractivity contribution in [2.75, 3.05) is 5.75 Å². The molecule has 3 rings (SSSR count). The first-order valence-electron chi connectivity index (χ1n) is 5.81. The number of aliphatic carboxylic acids is 1. The second kappa shape index (κ2) is 4.58. The molecule has 0 aliphatic rings. The molecule has 0 aliphatic carbocycles. The number of nitrogens with zero attached hydrogens (tertiary/aromatic N) is 4. The number of aryl methyl sites for hydroxylation is 1. The standard InChI is InChI=1S/C12H12N4O2S/c1-15-8-4-2-3-5-9(8)16-11(15)13-14-12(16)19-7-6-10(17)18/h2-5H,6-7H2,1H3,(H,17,18). The van der Waals surface area contributed by atoms with Crippen molar-refractivity contribution in [2.24, 2.45) is 7.05 Å². The van der Waals surface area contributed by atoms with Gasteiger partial charge in [0.05, 0.1) is 17.5 Å². The minimum Gasteiger partial charge on any atom is -0.481 e. The molecule has 0 radical (unpaired) electrons. The van der Waals surface area contributed by atoms with Gasteiger partial charge >= 0.3 is 5.97 Å². The molecule has 0 saturated carbocycles. The van der Waals surface area contributed by atoms with Crippen LogP contribution in [0.4, 0.5) is 0 Å². The number of hydrogen-bond donors (Lipinski definition) is 1. The molecule has 19 heavy (non-hydrogen) atoms. The van der Waals surface area contributed by atoms with E-state index in [1.54, 1.807) is 0 Å². The Morgan fingerprint density at radius 1 is 1.32 bits per heavy atom. The smallest absolute Gasteiger partial charge is 0.304 e. The van der Waals surface area contributed by atoms with E-state index in [0.29, 0.717) is 5.75 Å². The highest BCUT2D eigenvalue weighted by Gasteiger charge is 2.14. The lowest BCUT2D eigenvalue weighted by Crippen LogP contribution is -1.96. The number of carboxylic acid groups (broad SMARTS) is 1. The number of para-hydroxylation sites is 2. The monoisotopic (exact) mass is 276 g/mol. The third kappa shape index (κ3) is 1.95. The second-order valence-corrected chi connectivity index (χ2v) is 5.22. The summed E-state index contributed by atoms with van der Waals surface area (Å²) in [5.74, 6) is 0.449. The van der Waals surface area contributed by atoms with Crippen LogP contribution in [0.15, 0.2) is 29.4 Å². The van der Waals surface area contributed by atoms with Crippen LogP contribution in [-0.4, -0.2) is 36.0 Å². The van der Waals surface area contributed by atoms with E-state index >= 15 is 0 Å². The van der Waals surface area contributed by atoms with Crippen molar-refractivity contribution in [3.8, 4) is 0 Å². The molecule has 6 nitrogen and oxygen atoms in total. The highest BCUT2D eigenvalue weighted by molar-refractivity contribution is 7.99. The quantitative estimate of drug-likeness (QED) is 0.735. The molecule has 0 atom stereocenters. The van der Waals surface area contributed by atoms with Crippen molar-refractivity contribution >= 4 is 34.5 Å². The van der Waals surface area contributed by atoms with Crippen molar-refractivity contribution in [1.82, 2.24) is 19.2 Å². The third-order valence-corrected chi connectivity index (χ3v) is 3.88. The fourth-order valence-electron chi connectivity index (χ4n) is 2.06. The van der Waals surface area contributed by atoms with E-state index in [1.807, 2.05) is 40.3 Å². The predicted octanol–water partition coefficient (Wildman–Crippen LogP) is 1.79. The summed E-state index contributed by atoms with van der Waals surface area (Å²) in [4.78, 5) is 10.5. The summed E-state index contributed by atoms with van der Waals surface area (Å²) in [6, 6.07) is 7.97. The predicted molar refractivity (Wildman–Crippen MR) is 72.4 cm³/mol. The van der Waals surface area contributed by atoms with E-state index in [2.05, 4.69) is 10.2 Å². The Labute approximate surface area is 113 Å². The van der Waals surface area contributed by atoms with Gasteiger partial charge in [-0.15, -0.1) is 10.2 Å². The number of carboxylic acids is 1. The fraction of sp³-hybridized carbons (Fsp3) is 0.250. The Balaban J connectivity index is 2.06. The zero-order valence-corrected chi connectivity index (χ0v) is 11.1. The maximum Gasteiger partial charge on any atom is 0.304 e. The minimum atomic E-state index is -0.800. The van der Waals surface area contributed by atoms with Gasteiger partial charge in [0.25, 0.3) is 0 Å². The molecule has 0 saturated heterocycles. The van der Waals surface area contributed by atoms with E-state index in [-0.39, 0.29) is 6.42 Å². The van der Waals surface area contributed by atoms with Crippen LogP contribution in [0, 0.1) is 0 Å². The Bertz CT molecular complexity index is 762. The number of hydrogen-bond acceptors (Lipinski definition) is 4. The molecule has 2 heterocycles. The van der Waals surface area contributed by atoms with Crippen molar-refractivity contribution < 1.29 is 9.90 Å². The van der Waals surface area contributed by atoms with E-state index in [4.69, 9.17) is 5.11 Å². The number of thioether (sulfide) groups is 1. The normalized spacial score (nSPS) is 11.4. The van der Waals surface area contributed by atoms with E-state index in [9.17, 15) is 4.79 Å². The molecule has 1 N–H and O–H groups in total. The maximum absolute atomic E-state index is 10.5. The van der Waals surface area contributed by atoms with Crippen LogP contribution in [0.25, 0.3) is 16.8 Å². The number of aromatic nitrogens is 4. The summed E-state index contributed by atoms with van der Waals surface area (Å²) in [5, 5.41) is 17.7. The van der Waals surface area contributed by atoms with Crippen LogP contribution >= 0.6 is 11.8 Å². The summed E-state index contributed by atoms with van der Waals surface area (Å²) in [6.07, 6.45) is 0.115. The van der Waals surface area contributed by atoms with Gasteiger partial charge in [0.15, 0.2) is 5.16 Å². The summed E-state index contributed by atoms with van der Waals surface area (Å²) >= 11 is 1.41. The molecule has 2 aromatic heterocycles. The lowest BCUT2D eigenvalue weighted by atomic mass is 10.3. The van der Waals surface area contributed by atoms with Gasteiger partial charge in [-0.1, -0.05) is 23.9 Å². The van der Waals surface area contributed by atoms with Gasteiger partial charge in [0.2, 0.25) is 5.78 Å². The molecule has 3 aromatic rings. The number of benzene rings is 1. The van der Waals surface area contributed by atoms with Gasteiger partial charge in [-0.3, -0.25) is 9.20 Å². The molecule has 0 unspecified atom stereocenters. The molecule has 1 aromatic carbocycles. The van der Waals surface area contributed by atoms with Crippen LogP contribution in [0.3, 0.4) is 0 Å². The van der Waals surface area contributed by atoms with Crippen molar-refractivity contribution in [3.63, 3.8) is 0 Å². The van der Waals surface area contributed by atoms with Crippen LogP contribution in [0.1, 0.15) is 6.42 Å². The first-order chi connectivity index (χ1) is 9.18. The minimum absolute atomic E-state index is 0.115. The number of carbonyl (C=O) groups is 1. The Morgan fingerprint density at radius 3 is 2.79 bits per heavy atom. The van der Waals surface area contributed by atoms with Gasteiger partial charge in [-0.2, -0.15) is 0 Å². The lowest BCUT2D eigenvalue weighted by molar-refractivity contribution is -0.136. The van der Waals surface area contributed by atoms with E-state index < -0.39 is 5.97 Å². The number of fused-ring (bicyclic) bond motifs is 3. The molecule has 0 fully saturated rings. The lowest BCUT2D eigenvalue weighted by Gasteiger charge is -1.97. The van der Waals surface area contributed by atoms with Crippen LogP contribution < -0.4 is 0 Å². The van der Waals surface area contributed by atoms with Crippen LogP contribution in [0.2, 0.25) is 0 Å². The van der Waals surface area contributed by atoms with Gasteiger partial charge < -0.3 is 9.67 Å². The Kier molecular flexibility index (Phi) is 2.90. The van der Waals surface area contributed by atoms with Crippen molar-refractivity contribution in [3.05, 3.63) is 24.3 Å². The third-order valence-electron chi connectivity index (χ3n) is 2.95. The molecular weight excluding hydrogens is 264 g/mol. The SMILES string of the molecule is Cn1c2ccccc2n2c(SCCC(=O)O)nnc12. The van der Waals surface area contributed by atoms with Crippen LogP contribution in [-0.2, 0) is 11.8 Å². The Hall–Kier alpha value is -2.02. The summed E-state index contributed by atoms with van der Waals surface area (Å²) in [5.41, 5.74) is 2.11. The average Bonchev–Trinajstić information content (AvgIpc) is 2.92. The molecule has 0 spiro atoms. The summed E-state index contributed by atoms with van der Waals surface area (Å²) < 4.78 is 3.94. The number of rotatable bonds is 4. The molecular formula is C12H12N4O2S. The summed E-state index contributed by atoms with van der Waals surface area (Å²) in [6.45, 7) is 0. The van der Waals surface area contributed by atoms with E-state index in [0.717, 1.165) is 22.0 Å². The van der Waals surface area contributed by atoms with Gasteiger partial charge in [0, 0.05) is 12.8 Å². The molecule has 98 valence electrons. The average molecular weight is 276 g/mol. The topological polar surface area (TPSA) is 72.4 Å². The molecule has 7 heteroatoms. The molecule has 0 bridgehead atoms. The zero-order valence-electron chi connectivity index (χ0n) is 10.3. The molecule has 0 aliphatic heterocycles. The maximum atomic E-state index is 10.5. The van der Waals surface area contributed by atoms with Gasteiger partial charge in [-0.25, -0.2) is 0 Å². The van der Waals surface area contributed by atoms with Gasteiger partial charge in [-0.05, 0) is 12.1 Å². The first kappa shape index (κ1) is 12.0. The first-order valence-corrected chi connectivity index (χ1v) is 6.80. The Morgan fingerprint density at radius 2 is 2.05 bits per heavy atom. The van der Waals surface area contributed by atoms with E-state index in [1.165, 1.54) is 11.8 Å². The largest absolute Gasteiger partial charge is 0.481 e.